The number of hydrogen-bond donors (Lipinski definition) is 0. The van der Waals surface area contributed by atoms with E-state index in [1.165, 1.54) is 24.3 Å². The molecule has 7 heteroatoms. The van der Waals surface area contributed by atoms with Gasteiger partial charge in [0.05, 0.1) is 11.4 Å². The highest BCUT2D eigenvalue weighted by atomic mass is 35.5. The predicted molar refractivity (Wildman–Crippen MR) is 135 cm³/mol. The van der Waals surface area contributed by atoms with Gasteiger partial charge in [0.15, 0.2) is 0 Å². The minimum Gasteiger partial charge on any atom is -0.369 e. The van der Waals surface area contributed by atoms with Crippen molar-refractivity contribution in [2.24, 2.45) is 0 Å². The lowest BCUT2D eigenvalue weighted by molar-refractivity contribution is 0.249. The second kappa shape index (κ2) is 9.80. The molecule has 0 spiro atoms. The number of hydrogen-bond acceptors (Lipinski definition) is 2. The summed E-state index contributed by atoms with van der Waals surface area (Å²) in [6, 6.07) is 19.7. The van der Waals surface area contributed by atoms with Crippen molar-refractivity contribution in [3.63, 3.8) is 0 Å². The van der Waals surface area contributed by atoms with Gasteiger partial charge >= 0.3 is 0 Å². The van der Waals surface area contributed by atoms with E-state index < -0.39 is 11.6 Å². The Morgan fingerprint density at radius 2 is 1.43 bits per heavy atom. The Hall–Kier alpha value is -3.22. The van der Waals surface area contributed by atoms with Gasteiger partial charge in [-0.05, 0) is 72.6 Å². The SMILES string of the molecule is Cc1c(CN2CCN(c3ccc(F)cc3)CC2)cc(-c2ccc(Cl)cc2)n1-c1ccc(F)cc1F. The van der Waals surface area contributed by atoms with Crippen molar-refractivity contribution in [3.05, 3.63) is 107 Å². The average molecular weight is 496 g/mol. The lowest BCUT2D eigenvalue weighted by Crippen LogP contribution is -2.46. The summed E-state index contributed by atoms with van der Waals surface area (Å²) in [5.74, 6) is -1.46. The zero-order valence-electron chi connectivity index (χ0n) is 19.3. The third kappa shape index (κ3) is 4.95. The fraction of sp³-hybridized carbons (Fsp3) is 0.214. The lowest BCUT2D eigenvalue weighted by atomic mass is 10.1. The monoisotopic (exact) mass is 495 g/mol. The van der Waals surface area contributed by atoms with Crippen molar-refractivity contribution < 1.29 is 13.2 Å². The number of rotatable bonds is 5. The fourth-order valence-corrected chi connectivity index (χ4v) is 4.81. The van der Waals surface area contributed by atoms with Gasteiger partial charge in [-0.15, -0.1) is 0 Å². The largest absolute Gasteiger partial charge is 0.369 e. The Morgan fingerprint density at radius 3 is 2.09 bits per heavy atom. The van der Waals surface area contributed by atoms with E-state index in [2.05, 4.69) is 15.9 Å². The molecule has 1 fully saturated rings. The molecule has 0 aliphatic carbocycles. The van der Waals surface area contributed by atoms with Crippen LogP contribution in [-0.2, 0) is 6.54 Å². The highest BCUT2D eigenvalue weighted by Gasteiger charge is 2.22. The predicted octanol–water partition coefficient (Wildman–Crippen LogP) is 6.85. The molecule has 35 heavy (non-hydrogen) atoms. The quantitative estimate of drug-likeness (QED) is 0.300. The van der Waals surface area contributed by atoms with Gasteiger partial charge in [-0.3, -0.25) is 4.90 Å². The first-order valence-electron chi connectivity index (χ1n) is 11.5. The van der Waals surface area contributed by atoms with E-state index in [0.717, 1.165) is 60.4 Å². The highest BCUT2D eigenvalue weighted by Crippen LogP contribution is 2.32. The Kier molecular flexibility index (Phi) is 6.58. The van der Waals surface area contributed by atoms with Gasteiger partial charge in [0.1, 0.15) is 17.5 Å². The molecule has 1 aromatic heterocycles. The first-order chi connectivity index (χ1) is 16.9. The third-order valence-electron chi connectivity index (χ3n) is 6.60. The Labute approximate surface area is 208 Å². The van der Waals surface area contributed by atoms with Gasteiger partial charge in [-0.2, -0.15) is 0 Å². The van der Waals surface area contributed by atoms with Crippen LogP contribution in [0.4, 0.5) is 18.9 Å². The van der Waals surface area contributed by atoms with E-state index in [1.54, 1.807) is 12.1 Å². The Morgan fingerprint density at radius 1 is 0.771 bits per heavy atom. The summed E-state index contributed by atoms with van der Waals surface area (Å²) >= 11 is 6.09. The van der Waals surface area contributed by atoms with Crippen LogP contribution in [0.2, 0.25) is 5.02 Å². The summed E-state index contributed by atoms with van der Waals surface area (Å²) in [6.07, 6.45) is 0. The molecule has 0 unspecified atom stereocenters. The summed E-state index contributed by atoms with van der Waals surface area (Å²) in [4.78, 5) is 4.61. The molecule has 5 rings (SSSR count). The molecule has 0 saturated carbocycles. The van der Waals surface area contributed by atoms with E-state index in [0.29, 0.717) is 17.3 Å². The molecule has 0 atom stereocenters. The van der Waals surface area contributed by atoms with Gasteiger partial charge in [-0.25, -0.2) is 13.2 Å². The maximum Gasteiger partial charge on any atom is 0.150 e. The van der Waals surface area contributed by atoms with Crippen LogP contribution in [0.3, 0.4) is 0 Å². The van der Waals surface area contributed by atoms with Crippen molar-refractivity contribution in [3.8, 4) is 16.9 Å². The van der Waals surface area contributed by atoms with Crippen LogP contribution in [0, 0.1) is 24.4 Å². The van der Waals surface area contributed by atoms with Crippen molar-refractivity contribution in [1.82, 2.24) is 9.47 Å². The molecule has 2 heterocycles. The first-order valence-corrected chi connectivity index (χ1v) is 11.9. The molecule has 0 bridgehead atoms. The first kappa shape index (κ1) is 23.5. The van der Waals surface area contributed by atoms with Crippen LogP contribution < -0.4 is 4.90 Å². The summed E-state index contributed by atoms with van der Waals surface area (Å²) < 4.78 is 43.6. The molecule has 0 amide bonds. The minimum absolute atomic E-state index is 0.235. The molecule has 0 radical (unpaired) electrons. The molecule has 4 aromatic rings. The zero-order chi connectivity index (χ0) is 24.5. The van der Waals surface area contributed by atoms with Gasteiger partial charge in [0.2, 0.25) is 0 Å². The van der Waals surface area contributed by atoms with Crippen molar-refractivity contribution in [2.75, 3.05) is 31.1 Å². The highest BCUT2D eigenvalue weighted by molar-refractivity contribution is 6.30. The fourth-order valence-electron chi connectivity index (χ4n) is 4.68. The summed E-state index contributed by atoms with van der Waals surface area (Å²) in [5, 5.41) is 0.621. The molecular weight excluding hydrogens is 471 g/mol. The number of aromatic nitrogens is 1. The van der Waals surface area contributed by atoms with Gasteiger partial charge in [0.25, 0.3) is 0 Å². The van der Waals surface area contributed by atoms with E-state index >= 15 is 0 Å². The van der Waals surface area contributed by atoms with Crippen molar-refractivity contribution in [1.29, 1.82) is 0 Å². The smallest absolute Gasteiger partial charge is 0.150 e. The van der Waals surface area contributed by atoms with Crippen molar-refractivity contribution in [2.45, 2.75) is 13.5 Å². The standard InChI is InChI=1S/C28H25ClF3N3/c1-19-21(18-33-12-14-34(15-13-33)25-9-6-23(30)7-10-25)16-28(20-2-4-22(29)5-3-20)35(19)27-11-8-24(31)17-26(27)32/h2-11,16-17H,12-15,18H2,1H3. The van der Waals surface area contributed by atoms with Crippen LogP contribution in [0.15, 0.2) is 72.8 Å². The molecule has 1 saturated heterocycles. The molecular formula is C28H25ClF3N3. The summed E-state index contributed by atoms with van der Waals surface area (Å²) in [7, 11) is 0. The maximum absolute atomic E-state index is 14.9. The summed E-state index contributed by atoms with van der Waals surface area (Å²) in [6.45, 7) is 6.04. The molecule has 3 nitrogen and oxygen atoms in total. The molecule has 180 valence electrons. The summed E-state index contributed by atoms with van der Waals surface area (Å²) in [5.41, 5.74) is 5.03. The minimum atomic E-state index is -0.613. The second-order valence-corrected chi connectivity index (χ2v) is 9.25. The van der Waals surface area contributed by atoms with Crippen molar-refractivity contribution >= 4 is 17.3 Å². The average Bonchev–Trinajstić information content (AvgIpc) is 3.16. The van der Waals surface area contributed by atoms with Crippen LogP contribution >= 0.6 is 11.6 Å². The molecule has 3 aromatic carbocycles. The maximum atomic E-state index is 14.9. The van der Waals surface area contributed by atoms with E-state index in [1.807, 2.05) is 35.8 Å². The van der Waals surface area contributed by atoms with Gasteiger partial charge < -0.3 is 9.47 Å². The zero-order valence-corrected chi connectivity index (χ0v) is 20.1. The molecule has 0 N–H and O–H groups in total. The number of nitrogens with zero attached hydrogens (tertiary/aromatic N) is 3. The van der Waals surface area contributed by atoms with Crippen LogP contribution in [-0.4, -0.2) is 35.6 Å². The van der Waals surface area contributed by atoms with Crippen LogP contribution in [0.25, 0.3) is 16.9 Å². The lowest BCUT2D eigenvalue weighted by Gasteiger charge is -2.36. The third-order valence-corrected chi connectivity index (χ3v) is 6.85. The number of halogens is 4. The second-order valence-electron chi connectivity index (χ2n) is 8.82. The van der Waals surface area contributed by atoms with E-state index in [4.69, 9.17) is 11.6 Å². The topological polar surface area (TPSA) is 11.4 Å². The Balaban J connectivity index is 1.43. The Bertz CT molecular complexity index is 1330. The van der Waals surface area contributed by atoms with Gasteiger partial charge in [-0.1, -0.05) is 23.7 Å². The number of piperazine rings is 1. The normalized spacial score (nSPS) is 14.5. The van der Waals surface area contributed by atoms with Gasteiger partial charge in [0, 0.05) is 55.2 Å². The van der Waals surface area contributed by atoms with Crippen LogP contribution in [0.5, 0.6) is 0 Å². The van der Waals surface area contributed by atoms with E-state index in [9.17, 15) is 13.2 Å². The molecule has 1 aliphatic rings. The number of anilines is 1. The molecule has 1 aliphatic heterocycles. The number of benzene rings is 3. The van der Waals surface area contributed by atoms with E-state index in [-0.39, 0.29) is 5.82 Å². The van der Waals surface area contributed by atoms with Crippen LogP contribution in [0.1, 0.15) is 11.3 Å².